The summed E-state index contributed by atoms with van der Waals surface area (Å²) < 4.78 is 53.4. The second-order valence-electron chi connectivity index (χ2n) is 8.94. The zero-order chi connectivity index (χ0) is 26.2. The van der Waals surface area contributed by atoms with E-state index in [0.717, 1.165) is 6.42 Å². The van der Waals surface area contributed by atoms with Crippen LogP contribution in [0.25, 0.3) is 5.52 Å². The molecule has 0 radical (unpaired) electrons. The molecule has 4 atom stereocenters. The van der Waals surface area contributed by atoms with E-state index in [1.165, 1.54) is 47.9 Å². The Balaban J connectivity index is 1.44. The molecule has 5 rings (SSSR count). The van der Waals surface area contributed by atoms with Crippen LogP contribution in [-0.4, -0.2) is 81.6 Å². The Morgan fingerprint density at radius 2 is 2.22 bits per heavy atom. The number of halogens is 1. The predicted octanol–water partition coefficient (Wildman–Crippen LogP) is 1.86. The Morgan fingerprint density at radius 1 is 1.38 bits per heavy atom. The first-order valence-electron chi connectivity index (χ1n) is 11.7. The fourth-order valence-electron chi connectivity index (χ4n) is 4.48. The third-order valence-corrected chi connectivity index (χ3v) is 7.68. The number of nitrogens with one attached hydrogen (secondary N) is 2. The number of rotatable bonds is 8. The second kappa shape index (κ2) is 10.2. The summed E-state index contributed by atoms with van der Waals surface area (Å²) in [5, 5.41) is 8.81. The van der Waals surface area contributed by atoms with E-state index in [9.17, 15) is 13.4 Å². The van der Waals surface area contributed by atoms with Crippen LogP contribution in [0.2, 0.25) is 0 Å². The molecular formula is C24H28FN5O6S. The molecule has 2 aliphatic rings. The highest BCUT2D eigenvalue weighted by atomic mass is 32.2. The van der Waals surface area contributed by atoms with E-state index in [2.05, 4.69) is 20.1 Å². The van der Waals surface area contributed by atoms with Gasteiger partial charge in [-0.2, -0.15) is 5.10 Å². The van der Waals surface area contributed by atoms with Gasteiger partial charge in [0.2, 0.25) is 0 Å². The molecule has 11 nitrogen and oxygen atoms in total. The number of anilines is 2. The van der Waals surface area contributed by atoms with E-state index in [0.29, 0.717) is 35.8 Å². The lowest BCUT2D eigenvalue weighted by Gasteiger charge is -2.20. The number of amides is 1. The van der Waals surface area contributed by atoms with Gasteiger partial charge in [0.25, 0.3) is 5.91 Å². The topological polar surface area (TPSA) is 125 Å². The van der Waals surface area contributed by atoms with Crippen LogP contribution in [0.1, 0.15) is 22.3 Å². The third-order valence-electron chi connectivity index (χ3n) is 6.31. The summed E-state index contributed by atoms with van der Waals surface area (Å²) in [5.41, 5.74) is 1.85. The van der Waals surface area contributed by atoms with Gasteiger partial charge in [-0.05, 0) is 31.0 Å². The molecule has 1 amide bonds. The number of nitrogens with zero attached hydrogens (tertiary/aromatic N) is 3. The third kappa shape index (κ3) is 5.25. The van der Waals surface area contributed by atoms with Gasteiger partial charge in [-0.3, -0.25) is 9.52 Å². The molecule has 2 fully saturated rings. The first-order valence-corrected chi connectivity index (χ1v) is 13.7. The van der Waals surface area contributed by atoms with Crippen LogP contribution in [0.4, 0.5) is 15.9 Å². The highest BCUT2D eigenvalue weighted by Crippen LogP contribution is 2.35. The number of fused-ring (bicyclic) bond motifs is 2. The zero-order valence-electron chi connectivity index (χ0n) is 20.6. The minimum absolute atomic E-state index is 0.0192. The summed E-state index contributed by atoms with van der Waals surface area (Å²) in [5.74, 6) is -0.318. The molecule has 13 heteroatoms. The average molecular weight is 534 g/mol. The standard InChI is InChI=1S/C24H28FN5O6S/c1-14-16(24(31)29-37(3,32)9-8-33-2)11-30-21(14)23(26-13-27-30)28-17-5-4-15(25)10-19(17)36-20-12-35-18-6-7-34-22(18)20/h4-5,9-11,13,18,20,22H,6-8,12H2,1-3H3,(H,26,27,28)(H,29,31,32). The van der Waals surface area contributed by atoms with Crippen molar-refractivity contribution in [3.8, 4) is 5.75 Å². The van der Waals surface area contributed by atoms with Gasteiger partial charge in [-0.15, -0.1) is 0 Å². The van der Waals surface area contributed by atoms with Gasteiger partial charge in [0.05, 0.1) is 40.3 Å². The van der Waals surface area contributed by atoms with E-state index in [1.54, 1.807) is 13.0 Å². The minimum Gasteiger partial charge on any atom is -0.483 e. The number of carbonyl (C=O) groups excluding carboxylic acids is 1. The number of carbonyl (C=O) groups is 1. The Kier molecular flexibility index (Phi) is 7.03. The average Bonchev–Trinajstić information content (AvgIpc) is 3.56. The highest BCUT2D eigenvalue weighted by Gasteiger charge is 2.43. The van der Waals surface area contributed by atoms with Gasteiger partial charge in [0.15, 0.2) is 11.9 Å². The highest BCUT2D eigenvalue weighted by molar-refractivity contribution is 7.99. The fraction of sp³-hybridized carbons (Fsp3) is 0.417. The summed E-state index contributed by atoms with van der Waals surface area (Å²) in [4.78, 5) is 17.3. The van der Waals surface area contributed by atoms with Crippen LogP contribution in [-0.2, 0) is 23.9 Å². The van der Waals surface area contributed by atoms with E-state index in [4.69, 9.17) is 18.9 Å². The lowest BCUT2D eigenvalue weighted by atomic mass is 10.1. The molecule has 2 N–H and O–H groups in total. The number of ether oxygens (including phenoxy) is 4. The van der Waals surface area contributed by atoms with Gasteiger partial charge >= 0.3 is 0 Å². The van der Waals surface area contributed by atoms with Crippen molar-refractivity contribution < 1.29 is 32.3 Å². The maximum atomic E-state index is 14.2. The van der Waals surface area contributed by atoms with Crippen molar-refractivity contribution in [3.05, 3.63) is 47.7 Å². The van der Waals surface area contributed by atoms with Crippen LogP contribution in [0.3, 0.4) is 0 Å². The second-order valence-corrected chi connectivity index (χ2v) is 11.3. The molecule has 2 aromatic heterocycles. The summed E-state index contributed by atoms with van der Waals surface area (Å²) >= 11 is 0. The van der Waals surface area contributed by atoms with E-state index < -0.39 is 21.4 Å². The fourth-order valence-corrected chi connectivity index (χ4v) is 5.44. The molecule has 4 unspecified atom stereocenters. The number of aromatic nitrogens is 3. The first-order chi connectivity index (χ1) is 17.8. The zero-order valence-corrected chi connectivity index (χ0v) is 21.4. The number of methoxy groups -OCH3 is 1. The van der Waals surface area contributed by atoms with Crippen molar-refractivity contribution in [2.75, 3.05) is 38.5 Å². The van der Waals surface area contributed by atoms with Crippen LogP contribution >= 0.6 is 0 Å². The van der Waals surface area contributed by atoms with Crippen LogP contribution in [0.15, 0.2) is 30.7 Å². The summed E-state index contributed by atoms with van der Waals surface area (Å²) in [7, 11) is -1.29. The molecular weight excluding hydrogens is 505 g/mol. The van der Waals surface area contributed by atoms with Gasteiger partial charge < -0.3 is 24.3 Å². The normalized spacial score (nSPS) is 22.4. The van der Waals surface area contributed by atoms with Crippen LogP contribution < -0.4 is 14.8 Å². The largest absolute Gasteiger partial charge is 0.483 e. The molecule has 3 aromatic rings. The smallest absolute Gasteiger partial charge is 0.264 e. The molecule has 37 heavy (non-hydrogen) atoms. The van der Waals surface area contributed by atoms with Crippen LogP contribution in [0.5, 0.6) is 5.75 Å². The molecule has 1 aromatic carbocycles. The van der Waals surface area contributed by atoms with E-state index >= 15 is 0 Å². The minimum atomic E-state index is -2.76. The number of aryl methyl sites for hydroxylation is 1. The van der Waals surface area contributed by atoms with Crippen molar-refractivity contribution in [1.29, 1.82) is 0 Å². The van der Waals surface area contributed by atoms with Crippen molar-refractivity contribution in [3.63, 3.8) is 0 Å². The Hall–Kier alpha value is -3.26. The molecule has 0 spiro atoms. The Bertz CT molecular complexity index is 1450. The first kappa shape index (κ1) is 25.4. The molecule has 198 valence electrons. The molecule has 0 aliphatic carbocycles. The molecule has 0 saturated carbocycles. The SMILES string of the molecule is COCC=S(C)(=O)NC(=O)c1cn2ncnc(Nc3ccc(F)cc3OC3COC4CCOC43)c2c1C. The van der Waals surface area contributed by atoms with Gasteiger partial charge in [0.1, 0.15) is 29.5 Å². The summed E-state index contributed by atoms with van der Waals surface area (Å²) in [6, 6.07) is 4.16. The van der Waals surface area contributed by atoms with Crippen molar-refractivity contribution in [2.45, 2.75) is 31.7 Å². The molecule has 2 aliphatic heterocycles. The van der Waals surface area contributed by atoms with Gasteiger partial charge in [0, 0.05) is 37.6 Å². The van der Waals surface area contributed by atoms with Crippen LogP contribution in [0, 0.1) is 12.7 Å². The monoisotopic (exact) mass is 533 g/mol. The summed E-state index contributed by atoms with van der Waals surface area (Å²) in [6.45, 7) is 2.82. The van der Waals surface area contributed by atoms with E-state index in [-0.39, 0.29) is 36.2 Å². The van der Waals surface area contributed by atoms with Crippen molar-refractivity contribution in [2.24, 2.45) is 0 Å². The number of hydrogen-bond acceptors (Lipinski definition) is 9. The van der Waals surface area contributed by atoms with Gasteiger partial charge in [-0.25, -0.2) is 18.1 Å². The maximum absolute atomic E-state index is 14.2. The Morgan fingerprint density at radius 3 is 3.03 bits per heavy atom. The molecule has 4 heterocycles. The lowest BCUT2D eigenvalue weighted by molar-refractivity contribution is 0.0310. The number of hydrogen-bond donors (Lipinski definition) is 2. The maximum Gasteiger partial charge on any atom is 0.264 e. The van der Waals surface area contributed by atoms with Crippen molar-refractivity contribution in [1.82, 2.24) is 19.3 Å². The molecule has 0 bridgehead atoms. The quantitative estimate of drug-likeness (QED) is 0.418. The summed E-state index contributed by atoms with van der Waals surface area (Å²) in [6.07, 6.45) is 4.50. The van der Waals surface area contributed by atoms with Crippen molar-refractivity contribution >= 4 is 38.0 Å². The number of benzene rings is 1. The Labute approximate surface area is 213 Å². The van der Waals surface area contributed by atoms with E-state index in [1.807, 2.05) is 0 Å². The van der Waals surface area contributed by atoms with Gasteiger partial charge in [-0.1, -0.05) is 0 Å². The molecule has 2 saturated heterocycles. The lowest BCUT2D eigenvalue weighted by Crippen LogP contribution is -2.32. The predicted molar refractivity (Wildman–Crippen MR) is 135 cm³/mol.